The van der Waals surface area contributed by atoms with Gasteiger partial charge in [-0.05, 0) is 23.8 Å². The zero-order valence-corrected chi connectivity index (χ0v) is 10.8. The predicted molar refractivity (Wildman–Crippen MR) is 72.6 cm³/mol. The Hall–Kier alpha value is -2.27. The van der Waals surface area contributed by atoms with Gasteiger partial charge in [-0.25, -0.2) is 0 Å². The molecule has 2 aromatic rings. The first kappa shape index (κ1) is 13.2. The minimum absolute atomic E-state index is 0.204. The Balaban J connectivity index is 1.97. The van der Waals surface area contributed by atoms with E-state index < -0.39 is 10.4 Å². The van der Waals surface area contributed by atoms with Crippen molar-refractivity contribution in [1.82, 2.24) is 0 Å². The molecule has 0 aliphatic carbocycles. The molecule has 0 saturated carbocycles. The van der Waals surface area contributed by atoms with Crippen LogP contribution in [-0.4, -0.2) is 8.42 Å². The summed E-state index contributed by atoms with van der Waals surface area (Å²) >= 11 is 0. The van der Waals surface area contributed by atoms with E-state index >= 15 is 0 Å². The summed E-state index contributed by atoms with van der Waals surface area (Å²) < 4.78 is 32.3. The molecule has 0 aliphatic rings. The molecule has 0 N–H and O–H groups in total. The Labute approximate surface area is 112 Å². The molecular weight excluding hydrogens is 264 g/mol. The highest BCUT2D eigenvalue weighted by atomic mass is 32.3. The summed E-state index contributed by atoms with van der Waals surface area (Å²) in [5.74, 6) is 0.204. The van der Waals surface area contributed by atoms with Crippen molar-refractivity contribution >= 4 is 16.5 Å². The van der Waals surface area contributed by atoms with Crippen molar-refractivity contribution in [3.8, 4) is 5.75 Å². The summed E-state index contributed by atoms with van der Waals surface area (Å²) in [6.07, 6.45) is 2.61. The molecule has 2 rings (SSSR count). The van der Waals surface area contributed by atoms with Crippen LogP contribution in [0.1, 0.15) is 5.56 Å². The third kappa shape index (κ3) is 4.48. The van der Waals surface area contributed by atoms with E-state index in [-0.39, 0.29) is 5.75 Å². The van der Waals surface area contributed by atoms with Crippen LogP contribution < -0.4 is 4.18 Å². The zero-order valence-electron chi connectivity index (χ0n) is 9.97. The fraction of sp³-hybridized carbons (Fsp3) is 0. The number of benzene rings is 2. The maximum atomic E-state index is 11.5. The monoisotopic (exact) mass is 276 g/mol. The highest BCUT2D eigenvalue weighted by Crippen LogP contribution is 2.12. The predicted octanol–water partition coefficient (Wildman–Crippen LogP) is 3.00. The van der Waals surface area contributed by atoms with Gasteiger partial charge >= 0.3 is 10.4 Å². The smallest absolute Gasteiger partial charge is 0.361 e. The van der Waals surface area contributed by atoms with Gasteiger partial charge in [-0.15, -0.1) is 8.42 Å². The molecule has 98 valence electrons. The van der Waals surface area contributed by atoms with Crippen molar-refractivity contribution in [2.24, 2.45) is 0 Å². The summed E-state index contributed by atoms with van der Waals surface area (Å²) in [6.45, 7) is 0. The Morgan fingerprint density at radius 3 is 2.05 bits per heavy atom. The minimum Gasteiger partial charge on any atom is -0.361 e. The summed E-state index contributed by atoms with van der Waals surface area (Å²) in [5.41, 5.74) is 0.831. The summed E-state index contributed by atoms with van der Waals surface area (Å²) in [4.78, 5) is 0. The van der Waals surface area contributed by atoms with E-state index in [9.17, 15) is 8.42 Å². The molecule has 0 aromatic heterocycles. The van der Waals surface area contributed by atoms with E-state index in [1.54, 1.807) is 18.2 Å². The van der Waals surface area contributed by atoms with Gasteiger partial charge in [0.1, 0.15) is 12.0 Å². The molecule has 0 aliphatic heterocycles. The average molecular weight is 276 g/mol. The second-order valence-corrected chi connectivity index (χ2v) is 4.79. The highest BCUT2D eigenvalue weighted by Gasteiger charge is 2.11. The van der Waals surface area contributed by atoms with Gasteiger partial charge < -0.3 is 8.37 Å². The minimum atomic E-state index is -4.09. The average Bonchev–Trinajstić information content (AvgIpc) is 2.40. The van der Waals surface area contributed by atoms with Crippen LogP contribution in [0, 0.1) is 0 Å². The van der Waals surface area contributed by atoms with E-state index in [4.69, 9.17) is 4.18 Å². The summed E-state index contributed by atoms with van der Waals surface area (Å²) in [5, 5.41) is 0. The molecule has 0 amide bonds. The van der Waals surface area contributed by atoms with Gasteiger partial charge in [-0.3, -0.25) is 0 Å². The SMILES string of the molecule is O=S(=O)(OC=Cc1ccccc1)Oc1ccccc1. The Morgan fingerprint density at radius 2 is 1.42 bits per heavy atom. The molecule has 0 unspecified atom stereocenters. The molecule has 0 saturated heterocycles. The van der Waals surface area contributed by atoms with Crippen molar-refractivity contribution in [2.45, 2.75) is 0 Å². The molecule has 0 spiro atoms. The lowest BCUT2D eigenvalue weighted by atomic mass is 10.2. The van der Waals surface area contributed by atoms with Crippen molar-refractivity contribution in [1.29, 1.82) is 0 Å². The maximum absolute atomic E-state index is 11.5. The van der Waals surface area contributed by atoms with E-state index in [0.29, 0.717) is 0 Å². The molecule has 5 heteroatoms. The second kappa shape index (κ2) is 6.06. The lowest BCUT2D eigenvalue weighted by Gasteiger charge is -2.04. The van der Waals surface area contributed by atoms with Crippen molar-refractivity contribution in [2.75, 3.05) is 0 Å². The van der Waals surface area contributed by atoms with Gasteiger partial charge in [0.15, 0.2) is 0 Å². The lowest BCUT2D eigenvalue weighted by molar-refractivity contribution is 0.363. The Bertz CT molecular complexity index is 634. The third-order valence-electron chi connectivity index (χ3n) is 2.17. The van der Waals surface area contributed by atoms with Crippen molar-refractivity contribution in [3.63, 3.8) is 0 Å². The van der Waals surface area contributed by atoms with Gasteiger partial charge in [-0.2, -0.15) is 0 Å². The number of rotatable bonds is 5. The van der Waals surface area contributed by atoms with E-state index in [1.165, 1.54) is 18.2 Å². The largest absolute Gasteiger partial charge is 0.500 e. The first-order valence-corrected chi connectivity index (χ1v) is 6.88. The highest BCUT2D eigenvalue weighted by molar-refractivity contribution is 7.82. The fourth-order valence-electron chi connectivity index (χ4n) is 1.35. The molecule has 0 fully saturated rings. The summed E-state index contributed by atoms with van der Waals surface area (Å²) in [6, 6.07) is 17.4. The molecule has 0 atom stereocenters. The van der Waals surface area contributed by atoms with Gasteiger partial charge in [0.05, 0.1) is 0 Å². The van der Waals surface area contributed by atoms with Crippen LogP contribution in [0.3, 0.4) is 0 Å². The molecular formula is C14H12O4S. The molecule has 0 radical (unpaired) electrons. The van der Waals surface area contributed by atoms with Gasteiger partial charge in [0.25, 0.3) is 0 Å². The topological polar surface area (TPSA) is 52.6 Å². The molecule has 0 bridgehead atoms. The fourth-order valence-corrected chi connectivity index (χ4v) is 1.93. The van der Waals surface area contributed by atoms with Gasteiger partial charge in [0.2, 0.25) is 0 Å². The number of hydrogen-bond acceptors (Lipinski definition) is 4. The van der Waals surface area contributed by atoms with Crippen molar-refractivity contribution in [3.05, 3.63) is 72.5 Å². The van der Waals surface area contributed by atoms with Crippen LogP contribution in [0.5, 0.6) is 5.75 Å². The molecule has 2 aromatic carbocycles. The number of hydrogen-bond donors (Lipinski definition) is 0. The second-order valence-electron chi connectivity index (χ2n) is 3.61. The normalized spacial score (nSPS) is 11.4. The van der Waals surface area contributed by atoms with Crippen molar-refractivity contribution < 1.29 is 16.8 Å². The first-order valence-electron chi connectivity index (χ1n) is 5.55. The quantitative estimate of drug-likeness (QED) is 0.788. The van der Waals surface area contributed by atoms with Crippen LogP contribution >= 0.6 is 0 Å². The van der Waals surface area contributed by atoms with Gasteiger partial charge in [0, 0.05) is 0 Å². The van der Waals surface area contributed by atoms with Crippen LogP contribution in [-0.2, 0) is 14.6 Å². The molecule has 19 heavy (non-hydrogen) atoms. The van der Waals surface area contributed by atoms with E-state index in [1.807, 2.05) is 30.3 Å². The Kier molecular flexibility index (Phi) is 4.20. The van der Waals surface area contributed by atoms with Crippen LogP contribution in [0.25, 0.3) is 6.08 Å². The van der Waals surface area contributed by atoms with E-state index in [0.717, 1.165) is 11.8 Å². The maximum Gasteiger partial charge on any atom is 0.500 e. The lowest BCUT2D eigenvalue weighted by Crippen LogP contribution is -2.09. The Morgan fingerprint density at radius 1 is 0.842 bits per heavy atom. The van der Waals surface area contributed by atoms with Crippen LogP contribution in [0.4, 0.5) is 0 Å². The zero-order chi connectivity index (χ0) is 13.6. The summed E-state index contributed by atoms with van der Waals surface area (Å²) in [7, 11) is -4.09. The van der Waals surface area contributed by atoms with Crippen LogP contribution in [0.15, 0.2) is 66.9 Å². The number of para-hydroxylation sites is 1. The first-order chi connectivity index (χ1) is 9.16. The molecule has 4 nitrogen and oxygen atoms in total. The van der Waals surface area contributed by atoms with Gasteiger partial charge in [-0.1, -0.05) is 48.5 Å². The third-order valence-corrected chi connectivity index (χ3v) is 2.92. The van der Waals surface area contributed by atoms with Crippen LogP contribution in [0.2, 0.25) is 0 Å². The standard InChI is InChI=1S/C14H12O4S/c15-19(16,18-14-9-5-2-6-10-14)17-12-11-13-7-3-1-4-8-13/h1-12H. The molecule has 0 heterocycles. The van der Waals surface area contributed by atoms with E-state index in [2.05, 4.69) is 4.18 Å².